The smallest absolute Gasteiger partial charge is 0.229 e. The summed E-state index contributed by atoms with van der Waals surface area (Å²) in [6.45, 7) is 2.68. The highest BCUT2D eigenvalue weighted by Crippen LogP contribution is 2.67. The van der Waals surface area contributed by atoms with Crippen LogP contribution in [0.2, 0.25) is 0 Å². The molecule has 2 atom stereocenters. The molecule has 0 radical (unpaired) electrons. The first kappa shape index (κ1) is 23.6. The van der Waals surface area contributed by atoms with E-state index in [1.54, 1.807) is 12.4 Å². The summed E-state index contributed by atoms with van der Waals surface area (Å²) in [6, 6.07) is 6.53. The van der Waals surface area contributed by atoms with Crippen LogP contribution in [0.5, 0.6) is 0 Å². The topological polar surface area (TPSA) is 109 Å². The number of anilines is 1. The van der Waals surface area contributed by atoms with Crippen molar-refractivity contribution < 1.29 is 14.6 Å². The number of amides is 1. The van der Waals surface area contributed by atoms with E-state index in [1.165, 1.54) is 30.6 Å². The lowest BCUT2D eigenvalue weighted by Crippen LogP contribution is -2.75. The molecule has 2 aromatic heterocycles. The first-order valence-electron chi connectivity index (χ1n) is 13.5. The summed E-state index contributed by atoms with van der Waals surface area (Å²) in [4.78, 5) is 26.3. The summed E-state index contributed by atoms with van der Waals surface area (Å²) < 4.78 is 6.80. The fourth-order valence-corrected chi connectivity index (χ4v) is 7.97. The van der Waals surface area contributed by atoms with Gasteiger partial charge in [-0.05, 0) is 74.5 Å². The molecule has 5 aliphatic carbocycles. The number of benzene rings is 1. The Bertz CT molecular complexity index is 1320. The molecule has 9 heteroatoms. The van der Waals surface area contributed by atoms with Gasteiger partial charge in [0.15, 0.2) is 11.0 Å². The molecule has 0 unspecified atom stereocenters. The zero-order chi connectivity index (χ0) is 25.2. The average Bonchev–Trinajstić information content (AvgIpc) is 3.42. The Morgan fingerprint density at radius 3 is 2.65 bits per heavy atom. The monoisotopic (exact) mass is 519 g/mol. The summed E-state index contributed by atoms with van der Waals surface area (Å²) in [7, 11) is 0. The molecule has 0 saturated heterocycles. The van der Waals surface area contributed by atoms with Crippen LogP contribution in [-0.4, -0.2) is 49.8 Å². The van der Waals surface area contributed by atoms with Gasteiger partial charge in [-0.1, -0.05) is 24.3 Å². The van der Waals surface area contributed by atoms with Crippen molar-refractivity contribution >= 4 is 32.6 Å². The van der Waals surface area contributed by atoms with Gasteiger partial charge in [0.25, 0.3) is 0 Å². The van der Waals surface area contributed by atoms with Gasteiger partial charge in [-0.25, -0.2) is 15.0 Å². The number of rotatable bonds is 8. The average molecular weight is 520 g/mol. The number of fused-ring (bicyclic) bond motifs is 1. The molecule has 3 N–H and O–H groups in total. The molecule has 5 saturated carbocycles. The van der Waals surface area contributed by atoms with Gasteiger partial charge in [0.2, 0.25) is 5.91 Å². The lowest BCUT2D eigenvalue weighted by atomic mass is 9.40. The standard InChI is InChI=1S/C28H33N5O3S/c1-27-13-28(14-27,15-27)33-19-7-17(8-19)25(35)32-26-31-20-6-5-16(9-23(20)37-26)18-10-29-24(30-11-18)12-36-22-4-2-3-21(22)34/h5-6,9-11,17,19,21-22,33-34H,2-4,7-8,12-15H2,1H3,(H,31,32,35)/t17?,19?,21-,22-,27?,28?/m0/s1. The van der Waals surface area contributed by atoms with Crippen LogP contribution in [0.3, 0.4) is 0 Å². The van der Waals surface area contributed by atoms with E-state index in [4.69, 9.17) is 4.74 Å². The van der Waals surface area contributed by atoms with Gasteiger partial charge in [-0.3, -0.25) is 4.79 Å². The highest BCUT2D eigenvalue weighted by atomic mass is 32.1. The summed E-state index contributed by atoms with van der Waals surface area (Å²) >= 11 is 1.50. The molecule has 1 amide bonds. The van der Waals surface area contributed by atoms with E-state index in [-0.39, 0.29) is 24.0 Å². The SMILES string of the molecule is CC12CC(NC3CC(C(=O)Nc4nc5ccc(-c6cnc(CO[C@H]7CCC[C@@H]7O)nc6)cc5s4)C3)(C1)C2. The Morgan fingerprint density at radius 2 is 1.95 bits per heavy atom. The van der Waals surface area contributed by atoms with E-state index in [1.807, 2.05) is 12.1 Å². The van der Waals surface area contributed by atoms with E-state index in [2.05, 4.69) is 38.6 Å². The molecule has 3 aromatic rings. The molecule has 37 heavy (non-hydrogen) atoms. The molecule has 5 aliphatic rings. The Balaban J connectivity index is 0.941. The van der Waals surface area contributed by atoms with Crippen LogP contribution in [-0.2, 0) is 16.1 Å². The van der Waals surface area contributed by atoms with Crippen LogP contribution >= 0.6 is 11.3 Å². The van der Waals surface area contributed by atoms with Gasteiger partial charge in [0.05, 0.1) is 22.4 Å². The molecule has 0 aliphatic heterocycles. The maximum atomic E-state index is 12.8. The van der Waals surface area contributed by atoms with Gasteiger partial charge in [0, 0.05) is 35.5 Å². The van der Waals surface area contributed by atoms with Crippen molar-refractivity contribution in [2.45, 2.75) is 88.7 Å². The predicted octanol–water partition coefficient (Wildman–Crippen LogP) is 4.43. The lowest BCUT2D eigenvalue weighted by molar-refractivity contribution is -0.153. The van der Waals surface area contributed by atoms with Crippen LogP contribution in [0.1, 0.15) is 64.1 Å². The number of thiazole rings is 1. The molecule has 5 fully saturated rings. The number of ether oxygens (including phenoxy) is 1. The number of carbonyl (C=O) groups is 1. The molecule has 194 valence electrons. The maximum Gasteiger partial charge on any atom is 0.229 e. The fourth-order valence-electron chi connectivity index (χ4n) is 7.06. The van der Waals surface area contributed by atoms with Crippen molar-refractivity contribution in [1.82, 2.24) is 20.3 Å². The second-order valence-electron chi connectivity index (χ2n) is 12.1. The molecular weight excluding hydrogens is 486 g/mol. The normalized spacial score (nSPS) is 34.0. The maximum absolute atomic E-state index is 12.8. The third-order valence-corrected chi connectivity index (χ3v) is 9.75. The van der Waals surface area contributed by atoms with Gasteiger partial charge in [-0.2, -0.15) is 0 Å². The van der Waals surface area contributed by atoms with Crippen molar-refractivity contribution in [2.24, 2.45) is 11.3 Å². The molecule has 2 heterocycles. The van der Waals surface area contributed by atoms with Crippen LogP contribution < -0.4 is 10.6 Å². The first-order chi connectivity index (χ1) is 17.9. The summed E-state index contributed by atoms with van der Waals surface area (Å²) in [5.74, 6) is 0.761. The van der Waals surface area contributed by atoms with E-state index < -0.39 is 0 Å². The van der Waals surface area contributed by atoms with Gasteiger partial charge >= 0.3 is 0 Å². The Morgan fingerprint density at radius 1 is 1.16 bits per heavy atom. The minimum absolute atomic E-state index is 0.0691. The van der Waals surface area contributed by atoms with Crippen molar-refractivity contribution in [3.8, 4) is 11.1 Å². The largest absolute Gasteiger partial charge is 0.390 e. The quantitative estimate of drug-likeness (QED) is 0.404. The lowest BCUT2D eigenvalue weighted by Gasteiger charge is -2.71. The Kier molecular flexibility index (Phi) is 5.62. The fraction of sp³-hybridized carbons (Fsp3) is 0.571. The number of hydrogen-bond acceptors (Lipinski definition) is 8. The molecule has 0 spiro atoms. The highest BCUT2D eigenvalue weighted by molar-refractivity contribution is 7.22. The molecule has 1 aromatic carbocycles. The van der Waals surface area contributed by atoms with Gasteiger partial charge in [0.1, 0.15) is 6.61 Å². The predicted molar refractivity (Wildman–Crippen MR) is 142 cm³/mol. The van der Waals surface area contributed by atoms with Crippen LogP contribution in [0.15, 0.2) is 30.6 Å². The Hall–Kier alpha value is -2.46. The number of aliphatic hydroxyl groups is 1. The van der Waals surface area contributed by atoms with E-state index in [0.29, 0.717) is 34.6 Å². The zero-order valence-corrected chi connectivity index (χ0v) is 21.9. The number of hydrogen-bond donors (Lipinski definition) is 3. The number of nitrogens with one attached hydrogen (secondary N) is 2. The van der Waals surface area contributed by atoms with Gasteiger partial charge in [-0.15, -0.1) is 0 Å². The van der Waals surface area contributed by atoms with Crippen LogP contribution in [0.25, 0.3) is 21.3 Å². The van der Waals surface area contributed by atoms with Gasteiger partial charge < -0.3 is 20.5 Å². The van der Waals surface area contributed by atoms with E-state index in [9.17, 15) is 9.90 Å². The van der Waals surface area contributed by atoms with Crippen LogP contribution in [0, 0.1) is 11.3 Å². The first-order valence-corrected chi connectivity index (χ1v) is 14.3. The van der Waals surface area contributed by atoms with Crippen molar-refractivity contribution in [3.05, 3.63) is 36.4 Å². The zero-order valence-electron chi connectivity index (χ0n) is 21.1. The minimum atomic E-state index is -0.381. The summed E-state index contributed by atoms with van der Waals surface area (Å²) in [6.07, 6.45) is 11.5. The van der Waals surface area contributed by atoms with E-state index in [0.717, 1.165) is 53.4 Å². The number of aliphatic hydroxyl groups excluding tert-OH is 1. The second kappa shape index (κ2) is 8.80. The third-order valence-electron chi connectivity index (χ3n) is 8.82. The van der Waals surface area contributed by atoms with E-state index >= 15 is 0 Å². The molecule has 2 bridgehead atoms. The minimum Gasteiger partial charge on any atom is -0.390 e. The summed E-state index contributed by atoms with van der Waals surface area (Å²) in [5.41, 5.74) is 3.78. The number of nitrogens with zero attached hydrogens (tertiary/aromatic N) is 3. The van der Waals surface area contributed by atoms with Crippen molar-refractivity contribution in [2.75, 3.05) is 5.32 Å². The number of aromatic nitrogens is 3. The second-order valence-corrected chi connectivity index (χ2v) is 13.1. The summed E-state index contributed by atoms with van der Waals surface area (Å²) in [5, 5.41) is 17.4. The molecule has 8 rings (SSSR count). The molecular formula is C28H33N5O3S. The highest BCUT2D eigenvalue weighted by Gasteiger charge is 2.65. The van der Waals surface area contributed by atoms with Crippen LogP contribution in [0.4, 0.5) is 5.13 Å². The van der Waals surface area contributed by atoms with Crippen molar-refractivity contribution in [1.29, 1.82) is 0 Å². The Labute approximate surface area is 220 Å². The third kappa shape index (κ3) is 4.46. The number of carbonyl (C=O) groups excluding carboxylic acids is 1. The van der Waals surface area contributed by atoms with Crippen molar-refractivity contribution in [3.63, 3.8) is 0 Å². The molecule has 8 nitrogen and oxygen atoms in total.